The number of anilines is 1. The first-order valence-corrected chi connectivity index (χ1v) is 7.27. The van der Waals surface area contributed by atoms with Gasteiger partial charge in [0.25, 0.3) is 0 Å². The SMILES string of the molecule is C1=C[C@H]2C(c3ccccc3)=NN(c3ccccc3)[C@H]2C=C1. The standard InChI is InChI=1S/C19H16N2/c1-3-9-15(10-4-1)19-17-13-7-8-14-18(17)21(20-19)16-11-5-2-6-12-16/h1-14,17-18H/t17-,18+/m1/s1. The van der Waals surface area contributed by atoms with E-state index in [-0.39, 0.29) is 6.04 Å². The third-order valence-corrected chi connectivity index (χ3v) is 4.01. The predicted molar refractivity (Wildman–Crippen MR) is 87.5 cm³/mol. The van der Waals surface area contributed by atoms with E-state index in [2.05, 4.69) is 77.8 Å². The highest BCUT2D eigenvalue weighted by Gasteiger charge is 2.36. The molecule has 0 bridgehead atoms. The summed E-state index contributed by atoms with van der Waals surface area (Å²) in [5.41, 5.74) is 3.48. The van der Waals surface area contributed by atoms with Crippen molar-refractivity contribution in [3.8, 4) is 0 Å². The molecule has 0 saturated heterocycles. The lowest BCUT2D eigenvalue weighted by Gasteiger charge is -2.25. The summed E-state index contributed by atoms with van der Waals surface area (Å²) >= 11 is 0. The van der Waals surface area contributed by atoms with Crippen molar-refractivity contribution in [3.05, 3.63) is 90.5 Å². The van der Waals surface area contributed by atoms with E-state index in [1.54, 1.807) is 0 Å². The molecule has 1 aliphatic heterocycles. The van der Waals surface area contributed by atoms with Crippen molar-refractivity contribution in [1.29, 1.82) is 0 Å². The van der Waals surface area contributed by atoms with Crippen molar-refractivity contribution in [2.24, 2.45) is 11.0 Å². The normalized spacial score (nSPS) is 23.0. The minimum absolute atomic E-state index is 0.271. The monoisotopic (exact) mass is 272 g/mol. The van der Waals surface area contributed by atoms with E-state index < -0.39 is 0 Å². The van der Waals surface area contributed by atoms with Gasteiger partial charge < -0.3 is 0 Å². The van der Waals surface area contributed by atoms with Crippen molar-refractivity contribution in [2.45, 2.75) is 6.04 Å². The largest absolute Gasteiger partial charge is 0.257 e. The number of rotatable bonds is 2. The predicted octanol–water partition coefficient (Wildman–Crippen LogP) is 4.02. The van der Waals surface area contributed by atoms with Crippen LogP contribution < -0.4 is 5.01 Å². The molecule has 2 aromatic rings. The number of fused-ring (bicyclic) bond motifs is 1. The number of para-hydroxylation sites is 1. The highest BCUT2D eigenvalue weighted by molar-refractivity contribution is 6.06. The fourth-order valence-corrected chi connectivity index (χ4v) is 3.00. The molecule has 1 aliphatic carbocycles. The van der Waals surface area contributed by atoms with Crippen LogP contribution in [0.2, 0.25) is 0 Å². The molecule has 2 heteroatoms. The molecule has 21 heavy (non-hydrogen) atoms. The van der Waals surface area contributed by atoms with Gasteiger partial charge in [-0.2, -0.15) is 5.10 Å². The maximum absolute atomic E-state index is 4.92. The summed E-state index contributed by atoms with van der Waals surface area (Å²) in [5.74, 6) is 0.317. The van der Waals surface area contributed by atoms with Crippen LogP contribution in [0.5, 0.6) is 0 Å². The zero-order valence-electron chi connectivity index (χ0n) is 11.6. The summed E-state index contributed by atoms with van der Waals surface area (Å²) in [4.78, 5) is 0. The van der Waals surface area contributed by atoms with Crippen molar-refractivity contribution in [2.75, 3.05) is 5.01 Å². The zero-order chi connectivity index (χ0) is 14.1. The number of allylic oxidation sites excluding steroid dienone is 2. The topological polar surface area (TPSA) is 15.6 Å². The Labute approximate surface area is 124 Å². The molecule has 102 valence electrons. The lowest BCUT2D eigenvalue weighted by Crippen LogP contribution is -2.31. The third-order valence-electron chi connectivity index (χ3n) is 4.01. The van der Waals surface area contributed by atoms with Crippen molar-refractivity contribution in [3.63, 3.8) is 0 Å². The molecular weight excluding hydrogens is 256 g/mol. The van der Waals surface area contributed by atoms with Crippen molar-refractivity contribution in [1.82, 2.24) is 0 Å². The van der Waals surface area contributed by atoms with Crippen LogP contribution in [0, 0.1) is 5.92 Å². The van der Waals surface area contributed by atoms with Gasteiger partial charge in [-0.25, -0.2) is 0 Å². The molecule has 1 heterocycles. The molecule has 0 amide bonds. The van der Waals surface area contributed by atoms with Crippen LogP contribution in [-0.4, -0.2) is 11.8 Å². The van der Waals surface area contributed by atoms with Crippen LogP contribution in [0.1, 0.15) is 5.56 Å². The molecule has 0 unspecified atom stereocenters. The van der Waals surface area contributed by atoms with Gasteiger partial charge in [-0.3, -0.25) is 5.01 Å². The smallest absolute Gasteiger partial charge is 0.0828 e. The lowest BCUT2D eigenvalue weighted by molar-refractivity contribution is 0.696. The Bertz CT molecular complexity index is 714. The Balaban J connectivity index is 1.80. The summed E-state index contributed by atoms with van der Waals surface area (Å²) in [5, 5.41) is 7.05. The van der Waals surface area contributed by atoms with Gasteiger partial charge in [-0.15, -0.1) is 0 Å². The summed E-state index contributed by atoms with van der Waals surface area (Å²) in [7, 11) is 0. The second kappa shape index (κ2) is 5.06. The Hall–Kier alpha value is -2.61. The molecule has 0 spiro atoms. The minimum atomic E-state index is 0.271. The lowest BCUT2D eigenvalue weighted by atomic mass is 9.88. The van der Waals surface area contributed by atoms with Gasteiger partial charge in [-0.1, -0.05) is 72.8 Å². The first-order chi connectivity index (χ1) is 10.4. The van der Waals surface area contributed by atoms with E-state index in [1.165, 1.54) is 5.56 Å². The van der Waals surface area contributed by atoms with E-state index >= 15 is 0 Å². The number of hydrogen-bond donors (Lipinski definition) is 0. The van der Waals surface area contributed by atoms with E-state index in [4.69, 9.17) is 5.10 Å². The maximum atomic E-state index is 4.92. The molecule has 2 nitrogen and oxygen atoms in total. The van der Waals surface area contributed by atoms with Gasteiger partial charge in [0.15, 0.2) is 0 Å². The highest BCUT2D eigenvalue weighted by atomic mass is 15.5. The van der Waals surface area contributed by atoms with Gasteiger partial charge in [0, 0.05) is 5.92 Å². The summed E-state index contributed by atoms with van der Waals surface area (Å²) in [6, 6.07) is 21.1. The molecule has 0 radical (unpaired) electrons. The third kappa shape index (κ3) is 2.09. The van der Waals surface area contributed by atoms with Gasteiger partial charge in [0.2, 0.25) is 0 Å². The van der Waals surface area contributed by atoms with Crippen LogP contribution in [0.4, 0.5) is 5.69 Å². The molecular formula is C19H16N2. The van der Waals surface area contributed by atoms with Gasteiger partial charge >= 0.3 is 0 Å². The quantitative estimate of drug-likeness (QED) is 0.806. The van der Waals surface area contributed by atoms with E-state index in [1.807, 2.05) is 12.1 Å². The first kappa shape index (κ1) is 12.2. The van der Waals surface area contributed by atoms with Gasteiger partial charge in [0.1, 0.15) is 0 Å². The Morgan fingerprint density at radius 2 is 1.43 bits per heavy atom. The molecule has 2 aromatic carbocycles. The van der Waals surface area contributed by atoms with Crippen LogP contribution in [0.3, 0.4) is 0 Å². The molecule has 0 saturated carbocycles. The Kier molecular flexibility index (Phi) is 2.93. The molecule has 2 aliphatic rings. The van der Waals surface area contributed by atoms with Crippen LogP contribution in [0.25, 0.3) is 0 Å². The fraction of sp³-hybridized carbons (Fsp3) is 0.105. The molecule has 0 fully saturated rings. The number of hydrogen-bond acceptors (Lipinski definition) is 2. The zero-order valence-corrected chi connectivity index (χ0v) is 11.6. The minimum Gasteiger partial charge on any atom is -0.257 e. The van der Waals surface area contributed by atoms with Crippen molar-refractivity contribution < 1.29 is 0 Å². The average Bonchev–Trinajstić information content (AvgIpc) is 2.96. The summed E-state index contributed by atoms with van der Waals surface area (Å²) in [6.07, 6.45) is 8.71. The number of benzene rings is 2. The Morgan fingerprint density at radius 1 is 0.762 bits per heavy atom. The van der Waals surface area contributed by atoms with E-state index in [0.717, 1.165) is 11.4 Å². The summed E-state index contributed by atoms with van der Waals surface area (Å²) in [6.45, 7) is 0. The van der Waals surface area contributed by atoms with Gasteiger partial charge in [-0.05, 0) is 17.7 Å². The molecule has 4 rings (SSSR count). The van der Waals surface area contributed by atoms with Gasteiger partial charge in [0.05, 0.1) is 17.4 Å². The van der Waals surface area contributed by atoms with Crippen LogP contribution in [-0.2, 0) is 0 Å². The Morgan fingerprint density at radius 3 is 2.19 bits per heavy atom. The van der Waals surface area contributed by atoms with Crippen LogP contribution >= 0.6 is 0 Å². The number of hydrazone groups is 1. The fourth-order valence-electron chi connectivity index (χ4n) is 3.00. The average molecular weight is 272 g/mol. The highest BCUT2D eigenvalue weighted by Crippen LogP contribution is 2.33. The molecule has 0 N–H and O–H groups in total. The van der Waals surface area contributed by atoms with Crippen molar-refractivity contribution >= 4 is 11.4 Å². The molecule has 2 atom stereocenters. The molecule has 0 aromatic heterocycles. The van der Waals surface area contributed by atoms with E-state index in [0.29, 0.717) is 5.92 Å². The maximum Gasteiger partial charge on any atom is 0.0828 e. The summed E-state index contributed by atoms with van der Waals surface area (Å²) < 4.78 is 0. The second-order valence-electron chi connectivity index (χ2n) is 5.32. The number of nitrogens with zero attached hydrogens (tertiary/aromatic N) is 2. The van der Waals surface area contributed by atoms with E-state index in [9.17, 15) is 0 Å². The second-order valence-corrected chi connectivity index (χ2v) is 5.32. The van der Waals surface area contributed by atoms with Crippen LogP contribution in [0.15, 0.2) is 90.1 Å². The first-order valence-electron chi connectivity index (χ1n) is 7.27.